The van der Waals surface area contributed by atoms with E-state index in [9.17, 15) is 4.79 Å². The molecule has 0 fully saturated rings. The van der Waals surface area contributed by atoms with Gasteiger partial charge in [0.15, 0.2) is 0 Å². The highest BCUT2D eigenvalue weighted by Crippen LogP contribution is 2.17. The Labute approximate surface area is 127 Å². The molecule has 7 nitrogen and oxygen atoms in total. The second kappa shape index (κ2) is 7.75. The Bertz CT molecular complexity index is 575. The van der Waals surface area contributed by atoms with E-state index in [1.54, 1.807) is 11.8 Å². The number of para-hydroxylation sites is 1. The van der Waals surface area contributed by atoms with Gasteiger partial charge in [-0.05, 0) is 29.5 Å². The standard InChI is InChI=1S/C13H17N5O2S/c1-10(8-20-2)14-12(19)9-21-13-15-16-17-18(13)11-6-4-3-5-7-11/h3-7,10H,8-9H2,1-2H3,(H,14,19). The number of amides is 1. The van der Waals surface area contributed by atoms with Crippen molar-refractivity contribution in [3.8, 4) is 5.69 Å². The molecule has 1 aromatic heterocycles. The molecule has 2 aromatic rings. The number of benzene rings is 1. The van der Waals surface area contributed by atoms with Gasteiger partial charge in [-0.1, -0.05) is 30.0 Å². The number of nitrogens with one attached hydrogen (secondary N) is 1. The van der Waals surface area contributed by atoms with E-state index in [2.05, 4.69) is 20.8 Å². The normalized spacial score (nSPS) is 12.1. The molecule has 0 aliphatic rings. The van der Waals surface area contributed by atoms with Gasteiger partial charge in [-0.25, -0.2) is 0 Å². The summed E-state index contributed by atoms with van der Waals surface area (Å²) in [6.45, 7) is 2.37. The van der Waals surface area contributed by atoms with Crippen LogP contribution in [0.1, 0.15) is 6.92 Å². The SMILES string of the molecule is COCC(C)NC(=O)CSc1nnnn1-c1ccccc1. The van der Waals surface area contributed by atoms with Gasteiger partial charge in [-0.3, -0.25) is 4.79 Å². The molecule has 1 aromatic carbocycles. The number of nitrogens with zero attached hydrogens (tertiary/aromatic N) is 4. The van der Waals surface area contributed by atoms with Gasteiger partial charge in [0, 0.05) is 13.2 Å². The lowest BCUT2D eigenvalue weighted by atomic mass is 10.3. The van der Waals surface area contributed by atoms with Crippen LogP contribution in [0.15, 0.2) is 35.5 Å². The fraction of sp³-hybridized carbons (Fsp3) is 0.385. The molecule has 2 rings (SSSR count). The molecule has 1 N–H and O–H groups in total. The Morgan fingerprint density at radius 2 is 2.19 bits per heavy atom. The predicted octanol–water partition coefficient (Wildman–Crippen LogP) is 0.905. The smallest absolute Gasteiger partial charge is 0.230 e. The Morgan fingerprint density at radius 3 is 2.90 bits per heavy atom. The van der Waals surface area contributed by atoms with Crippen molar-refractivity contribution >= 4 is 17.7 Å². The quantitative estimate of drug-likeness (QED) is 0.766. The highest BCUT2D eigenvalue weighted by molar-refractivity contribution is 7.99. The maximum absolute atomic E-state index is 11.8. The van der Waals surface area contributed by atoms with Crippen LogP contribution in [0, 0.1) is 0 Å². The van der Waals surface area contributed by atoms with Crippen molar-refractivity contribution in [1.29, 1.82) is 0 Å². The van der Waals surface area contributed by atoms with Crippen molar-refractivity contribution in [1.82, 2.24) is 25.5 Å². The molecule has 112 valence electrons. The lowest BCUT2D eigenvalue weighted by molar-refractivity contribution is -0.119. The first-order chi connectivity index (χ1) is 10.2. The Hall–Kier alpha value is -1.93. The van der Waals surface area contributed by atoms with Gasteiger partial charge in [-0.2, -0.15) is 4.68 Å². The number of methoxy groups -OCH3 is 1. The van der Waals surface area contributed by atoms with Crippen LogP contribution in [0.2, 0.25) is 0 Å². The van der Waals surface area contributed by atoms with Crippen LogP contribution in [0.4, 0.5) is 0 Å². The molecule has 0 saturated heterocycles. The van der Waals surface area contributed by atoms with Crippen molar-refractivity contribution in [3.05, 3.63) is 30.3 Å². The minimum atomic E-state index is -0.0767. The first-order valence-corrected chi connectivity index (χ1v) is 7.44. The monoisotopic (exact) mass is 307 g/mol. The highest BCUT2D eigenvalue weighted by Gasteiger charge is 2.12. The van der Waals surface area contributed by atoms with Crippen LogP contribution in [-0.2, 0) is 9.53 Å². The molecule has 1 unspecified atom stereocenters. The number of carbonyl (C=O) groups excluding carboxylic acids is 1. The zero-order chi connectivity index (χ0) is 15.1. The lowest BCUT2D eigenvalue weighted by Crippen LogP contribution is -2.36. The summed E-state index contributed by atoms with van der Waals surface area (Å²) in [6.07, 6.45) is 0. The molecule has 1 heterocycles. The van der Waals surface area contributed by atoms with Crippen LogP contribution in [0.3, 0.4) is 0 Å². The summed E-state index contributed by atoms with van der Waals surface area (Å²) in [5.74, 6) is 0.175. The van der Waals surface area contributed by atoms with E-state index in [1.807, 2.05) is 37.3 Å². The fourth-order valence-electron chi connectivity index (χ4n) is 1.74. The minimum absolute atomic E-state index is 0.0202. The number of ether oxygens (including phenoxy) is 1. The average Bonchev–Trinajstić information content (AvgIpc) is 2.94. The van der Waals surface area contributed by atoms with Gasteiger partial charge in [0.1, 0.15) is 0 Å². The molecule has 21 heavy (non-hydrogen) atoms. The van der Waals surface area contributed by atoms with E-state index in [4.69, 9.17) is 4.74 Å². The van der Waals surface area contributed by atoms with Gasteiger partial charge in [0.2, 0.25) is 11.1 Å². The van der Waals surface area contributed by atoms with Crippen molar-refractivity contribution in [3.63, 3.8) is 0 Å². The zero-order valence-electron chi connectivity index (χ0n) is 11.9. The maximum Gasteiger partial charge on any atom is 0.230 e. The van der Waals surface area contributed by atoms with E-state index < -0.39 is 0 Å². The maximum atomic E-state index is 11.8. The molecule has 1 amide bonds. The van der Waals surface area contributed by atoms with Gasteiger partial charge in [0.05, 0.1) is 18.0 Å². The van der Waals surface area contributed by atoms with Gasteiger partial charge in [-0.15, -0.1) is 5.10 Å². The van der Waals surface area contributed by atoms with Crippen LogP contribution < -0.4 is 5.32 Å². The first kappa shape index (κ1) is 15.5. The molecule has 0 saturated carbocycles. The van der Waals surface area contributed by atoms with Gasteiger partial charge < -0.3 is 10.1 Å². The first-order valence-electron chi connectivity index (χ1n) is 6.45. The molecular formula is C13H17N5O2S. The molecular weight excluding hydrogens is 290 g/mol. The molecule has 0 aliphatic carbocycles. The molecule has 0 radical (unpaired) electrons. The average molecular weight is 307 g/mol. The summed E-state index contributed by atoms with van der Waals surface area (Å²) in [6, 6.07) is 9.52. The van der Waals surface area contributed by atoms with Crippen molar-refractivity contribution in [2.75, 3.05) is 19.5 Å². The summed E-state index contributed by atoms with van der Waals surface area (Å²) in [5.41, 5.74) is 0.859. The number of carbonyl (C=O) groups is 1. The van der Waals surface area contributed by atoms with Crippen LogP contribution in [-0.4, -0.2) is 51.6 Å². The number of aromatic nitrogens is 4. The summed E-state index contributed by atoms with van der Waals surface area (Å²) >= 11 is 1.29. The summed E-state index contributed by atoms with van der Waals surface area (Å²) in [5, 5.41) is 15.0. The lowest BCUT2D eigenvalue weighted by Gasteiger charge is -2.12. The Morgan fingerprint density at radius 1 is 1.43 bits per heavy atom. The fourth-order valence-corrected chi connectivity index (χ4v) is 2.44. The Kier molecular flexibility index (Phi) is 5.70. The van der Waals surface area contributed by atoms with E-state index >= 15 is 0 Å². The van der Waals surface area contributed by atoms with Crippen molar-refractivity contribution < 1.29 is 9.53 Å². The van der Waals surface area contributed by atoms with E-state index in [0.717, 1.165) is 5.69 Å². The van der Waals surface area contributed by atoms with E-state index in [1.165, 1.54) is 11.8 Å². The topological polar surface area (TPSA) is 81.9 Å². The molecule has 0 spiro atoms. The summed E-state index contributed by atoms with van der Waals surface area (Å²) < 4.78 is 6.58. The van der Waals surface area contributed by atoms with E-state index in [0.29, 0.717) is 11.8 Å². The third kappa shape index (κ3) is 4.54. The third-order valence-electron chi connectivity index (χ3n) is 2.60. The second-order valence-corrected chi connectivity index (χ2v) is 5.36. The van der Waals surface area contributed by atoms with E-state index in [-0.39, 0.29) is 17.7 Å². The number of thioether (sulfide) groups is 1. The number of rotatable bonds is 7. The number of hydrogen-bond acceptors (Lipinski definition) is 6. The van der Waals surface area contributed by atoms with Crippen molar-refractivity contribution in [2.24, 2.45) is 0 Å². The number of hydrogen-bond donors (Lipinski definition) is 1. The molecule has 0 aliphatic heterocycles. The van der Waals surface area contributed by atoms with Crippen LogP contribution in [0.5, 0.6) is 0 Å². The van der Waals surface area contributed by atoms with Crippen LogP contribution >= 0.6 is 11.8 Å². The molecule has 8 heteroatoms. The summed E-state index contributed by atoms with van der Waals surface area (Å²) in [4.78, 5) is 11.8. The minimum Gasteiger partial charge on any atom is -0.383 e. The summed E-state index contributed by atoms with van der Waals surface area (Å²) in [7, 11) is 1.60. The van der Waals surface area contributed by atoms with Crippen LogP contribution in [0.25, 0.3) is 5.69 Å². The highest BCUT2D eigenvalue weighted by atomic mass is 32.2. The third-order valence-corrected chi connectivity index (χ3v) is 3.52. The Balaban J connectivity index is 1.93. The second-order valence-electron chi connectivity index (χ2n) is 4.42. The van der Waals surface area contributed by atoms with Gasteiger partial charge >= 0.3 is 0 Å². The largest absolute Gasteiger partial charge is 0.383 e. The van der Waals surface area contributed by atoms with Crippen molar-refractivity contribution in [2.45, 2.75) is 18.1 Å². The molecule has 1 atom stereocenters. The predicted molar refractivity (Wildman–Crippen MR) is 79.4 cm³/mol. The van der Waals surface area contributed by atoms with Gasteiger partial charge in [0.25, 0.3) is 0 Å². The molecule has 0 bridgehead atoms. The zero-order valence-corrected chi connectivity index (χ0v) is 12.7. The number of tetrazole rings is 1.